The molecule has 0 radical (unpaired) electrons. The third kappa shape index (κ3) is 7.34. The highest BCUT2D eigenvalue weighted by Crippen LogP contribution is 2.41. The van der Waals surface area contributed by atoms with Crippen LogP contribution in [-0.4, -0.2) is 85.8 Å². The molecule has 218 valence electrons. The van der Waals surface area contributed by atoms with E-state index >= 15 is 0 Å². The van der Waals surface area contributed by atoms with Gasteiger partial charge in [-0.15, -0.1) is 34.9 Å². The number of carboxylic acids is 2. The fourth-order valence-corrected chi connectivity index (χ4v) is 6.88. The lowest BCUT2D eigenvalue weighted by atomic mass is 10.0. The van der Waals surface area contributed by atoms with Gasteiger partial charge in [0.05, 0.1) is 0 Å². The molecular weight excluding hydrogens is 599 g/mol. The predicted octanol–water partition coefficient (Wildman–Crippen LogP) is 1.10. The van der Waals surface area contributed by atoms with E-state index < -0.39 is 41.8 Å². The minimum Gasteiger partial charge on any atom is -0.481 e. The summed E-state index contributed by atoms with van der Waals surface area (Å²) in [6.07, 6.45) is 3.50. The van der Waals surface area contributed by atoms with Crippen LogP contribution in [0.25, 0.3) is 0 Å². The summed E-state index contributed by atoms with van der Waals surface area (Å²) >= 11 is 3.80. The van der Waals surface area contributed by atoms with Gasteiger partial charge in [-0.25, -0.2) is 18.7 Å². The SMILES string of the molecule is Nc1nc(/C(=N/OCCCC(=O)O)C(=O)N[C@@H]2C(=O)N3C(C(=O)O)=C(CSc4cc[n+](CCF)cc4)CS[C@H]23)cs1. The van der Waals surface area contributed by atoms with Crippen LogP contribution in [0.1, 0.15) is 18.5 Å². The molecular formula is C24H26FN6O7S3+. The number of fused-ring (bicyclic) bond motifs is 1. The van der Waals surface area contributed by atoms with Crippen LogP contribution in [0.4, 0.5) is 9.52 Å². The first-order chi connectivity index (χ1) is 19.7. The third-order valence-corrected chi connectivity index (χ3v) is 9.03. The normalized spacial score (nSPS) is 18.5. The summed E-state index contributed by atoms with van der Waals surface area (Å²) < 4.78 is 14.2. The van der Waals surface area contributed by atoms with Crippen molar-refractivity contribution in [2.45, 2.75) is 35.7 Å². The number of amides is 2. The van der Waals surface area contributed by atoms with Crippen LogP contribution in [0.15, 0.2) is 51.2 Å². The molecule has 41 heavy (non-hydrogen) atoms. The van der Waals surface area contributed by atoms with Crippen LogP contribution < -0.4 is 15.6 Å². The number of pyridine rings is 1. The zero-order chi connectivity index (χ0) is 29.5. The number of aromatic nitrogens is 2. The van der Waals surface area contributed by atoms with E-state index in [0.717, 1.165) is 16.2 Å². The highest BCUT2D eigenvalue weighted by molar-refractivity contribution is 8.01. The van der Waals surface area contributed by atoms with Gasteiger partial charge in [0.25, 0.3) is 11.8 Å². The number of halogens is 1. The summed E-state index contributed by atoms with van der Waals surface area (Å²) in [5.74, 6) is -2.93. The van der Waals surface area contributed by atoms with Gasteiger partial charge in [0.2, 0.25) is 0 Å². The number of oxime groups is 1. The predicted molar refractivity (Wildman–Crippen MR) is 149 cm³/mol. The number of anilines is 1. The highest BCUT2D eigenvalue weighted by atomic mass is 32.2. The van der Waals surface area contributed by atoms with E-state index in [0.29, 0.717) is 17.1 Å². The van der Waals surface area contributed by atoms with Crippen LogP contribution >= 0.6 is 34.9 Å². The molecule has 2 amide bonds. The van der Waals surface area contributed by atoms with Gasteiger partial charge in [-0.05, 0) is 12.0 Å². The Hall–Kier alpha value is -3.70. The summed E-state index contributed by atoms with van der Waals surface area (Å²) in [6.45, 7) is -0.297. The largest absolute Gasteiger partial charge is 0.481 e. The minimum absolute atomic E-state index is 0.0640. The number of alkyl halides is 1. The molecule has 5 N–H and O–H groups in total. The topological polar surface area (TPSA) is 188 Å². The lowest BCUT2D eigenvalue weighted by Crippen LogP contribution is -2.71. The third-order valence-electron chi connectivity index (χ3n) is 5.91. The number of hydrogen-bond donors (Lipinski definition) is 4. The molecule has 2 aromatic heterocycles. The first-order valence-corrected chi connectivity index (χ1v) is 15.1. The number of hydrogen-bond acceptors (Lipinski definition) is 11. The second-order valence-electron chi connectivity index (χ2n) is 8.71. The average Bonchev–Trinajstić information content (AvgIpc) is 3.38. The summed E-state index contributed by atoms with van der Waals surface area (Å²) in [7, 11) is 0. The fraction of sp³-hybridized carbons (Fsp3) is 0.375. The minimum atomic E-state index is -1.24. The average molecular weight is 626 g/mol. The lowest BCUT2D eigenvalue weighted by molar-refractivity contribution is -0.697. The molecule has 0 spiro atoms. The van der Waals surface area contributed by atoms with Crippen molar-refractivity contribution in [3.63, 3.8) is 0 Å². The number of β-lactam (4-membered cyclic amide) rings is 1. The van der Waals surface area contributed by atoms with Gasteiger partial charge in [-0.1, -0.05) is 5.16 Å². The van der Waals surface area contributed by atoms with Gasteiger partial charge in [0, 0.05) is 40.3 Å². The van der Waals surface area contributed by atoms with Crippen molar-refractivity contribution >= 4 is 69.5 Å². The van der Waals surface area contributed by atoms with Crippen LogP contribution in [-0.2, 0) is 30.6 Å². The number of nitrogens with zero attached hydrogens (tertiary/aromatic N) is 4. The zero-order valence-corrected chi connectivity index (χ0v) is 23.8. The molecule has 4 rings (SSSR count). The summed E-state index contributed by atoms with van der Waals surface area (Å²) in [5.41, 5.74) is 6.01. The van der Waals surface area contributed by atoms with E-state index in [2.05, 4.69) is 15.5 Å². The van der Waals surface area contributed by atoms with Gasteiger partial charge in [0.1, 0.15) is 36.1 Å². The molecule has 0 unspecified atom stereocenters. The molecule has 2 aromatic rings. The van der Waals surface area contributed by atoms with Crippen molar-refractivity contribution < 1.29 is 43.2 Å². The number of carbonyl (C=O) groups excluding carboxylic acids is 2. The molecule has 0 aromatic carbocycles. The van der Waals surface area contributed by atoms with E-state index in [1.165, 1.54) is 33.8 Å². The number of carbonyl (C=O) groups is 4. The molecule has 1 saturated heterocycles. The van der Waals surface area contributed by atoms with Crippen molar-refractivity contribution in [1.82, 2.24) is 15.2 Å². The maximum Gasteiger partial charge on any atom is 0.352 e. The quantitative estimate of drug-likeness (QED) is 0.0588. The summed E-state index contributed by atoms with van der Waals surface area (Å²) in [6, 6.07) is 2.61. The second kappa shape index (κ2) is 13.8. The number of nitrogen functional groups attached to an aromatic ring is 1. The zero-order valence-electron chi connectivity index (χ0n) is 21.4. The molecule has 4 heterocycles. The van der Waals surface area contributed by atoms with Gasteiger partial charge in [-0.3, -0.25) is 19.3 Å². The molecule has 13 nitrogen and oxygen atoms in total. The van der Waals surface area contributed by atoms with Crippen molar-refractivity contribution in [1.29, 1.82) is 0 Å². The van der Waals surface area contributed by atoms with Gasteiger partial charge < -0.3 is 26.1 Å². The number of thiazole rings is 1. The van der Waals surface area contributed by atoms with E-state index in [-0.39, 0.29) is 48.2 Å². The molecule has 0 bridgehead atoms. The number of carboxylic acid groups (broad SMARTS) is 2. The molecule has 2 aliphatic rings. The molecule has 2 atom stereocenters. The van der Waals surface area contributed by atoms with Crippen LogP contribution in [0, 0.1) is 0 Å². The fourth-order valence-electron chi connectivity index (χ4n) is 3.96. The summed E-state index contributed by atoms with van der Waals surface area (Å²) in [5, 5.41) is 26.1. The number of nitrogens with two attached hydrogens (primary N) is 1. The van der Waals surface area contributed by atoms with E-state index in [9.17, 15) is 28.7 Å². The smallest absolute Gasteiger partial charge is 0.352 e. The molecule has 0 aliphatic carbocycles. The lowest BCUT2D eigenvalue weighted by Gasteiger charge is -2.49. The molecule has 1 fully saturated rings. The Morgan fingerprint density at radius 3 is 2.71 bits per heavy atom. The van der Waals surface area contributed by atoms with Gasteiger partial charge in [-0.2, -0.15) is 0 Å². The highest BCUT2D eigenvalue weighted by Gasteiger charge is 2.54. The van der Waals surface area contributed by atoms with Crippen molar-refractivity contribution in [2.24, 2.45) is 5.16 Å². The maximum absolute atomic E-state index is 13.1. The van der Waals surface area contributed by atoms with Crippen LogP contribution in [0.3, 0.4) is 0 Å². The maximum atomic E-state index is 13.1. The number of aryl methyl sites for hydroxylation is 1. The molecule has 2 aliphatic heterocycles. The Morgan fingerprint density at radius 2 is 2.07 bits per heavy atom. The Bertz CT molecular complexity index is 1380. The standard InChI is InChI=1S/C24H25FN6O7S3/c25-5-8-30-6-3-14(4-7-30)39-10-13-11-40-22-18(21(35)31(22)19(13)23(36)37)28-20(34)17(15-12-41-24(26)27-15)29-38-9-1-2-16(32)33/h3-4,6-7,12,18,22H,1-2,5,8-11H2,(H4-,26,27,28,32,33,34,36,37)/p+1/b29-17-/t18-,22-/m1/s1. The Balaban J connectivity index is 1.43. The Kier molecular flexibility index (Phi) is 10.2. The van der Waals surface area contributed by atoms with Crippen LogP contribution in [0.2, 0.25) is 0 Å². The van der Waals surface area contributed by atoms with Gasteiger partial charge >= 0.3 is 11.9 Å². The van der Waals surface area contributed by atoms with Crippen molar-refractivity contribution in [3.8, 4) is 0 Å². The van der Waals surface area contributed by atoms with Crippen molar-refractivity contribution in [2.75, 3.05) is 30.5 Å². The number of aliphatic carboxylic acids is 2. The van der Waals surface area contributed by atoms with Gasteiger partial charge in [0.15, 0.2) is 29.8 Å². The molecule has 17 heteroatoms. The second-order valence-corrected chi connectivity index (χ2v) is 11.8. The number of rotatable bonds is 14. The van der Waals surface area contributed by atoms with E-state index in [1.54, 1.807) is 17.0 Å². The number of thioether (sulfide) groups is 2. The molecule has 0 saturated carbocycles. The van der Waals surface area contributed by atoms with Crippen molar-refractivity contribution in [3.05, 3.63) is 46.9 Å². The Morgan fingerprint density at radius 1 is 1.32 bits per heavy atom. The Labute approximate surface area is 245 Å². The number of nitrogens with one attached hydrogen (secondary N) is 1. The van der Waals surface area contributed by atoms with E-state index in [4.69, 9.17) is 15.7 Å². The van der Waals surface area contributed by atoms with E-state index in [1.807, 2.05) is 12.1 Å². The summed E-state index contributed by atoms with van der Waals surface area (Å²) in [4.78, 5) is 60.3. The monoisotopic (exact) mass is 625 g/mol. The first-order valence-electron chi connectivity index (χ1n) is 12.2. The first kappa shape index (κ1) is 30.3. The van der Waals surface area contributed by atoms with Crippen LogP contribution in [0.5, 0.6) is 0 Å².